The van der Waals surface area contributed by atoms with E-state index in [2.05, 4.69) is 30.4 Å². The van der Waals surface area contributed by atoms with Crippen LogP contribution in [0.15, 0.2) is 42.4 Å². The number of anilines is 1. The summed E-state index contributed by atoms with van der Waals surface area (Å²) in [5.74, 6) is 0.744. The zero-order valence-electron chi connectivity index (χ0n) is 13.7. The van der Waals surface area contributed by atoms with Gasteiger partial charge < -0.3 is 10.2 Å². The second-order valence-electron chi connectivity index (χ2n) is 6.25. The Bertz CT molecular complexity index is 1100. The first-order valence-corrected chi connectivity index (χ1v) is 9.19. The Morgan fingerprint density at radius 2 is 2.27 bits per heavy atom. The smallest absolute Gasteiger partial charge is 0.251 e. The number of aromatic nitrogens is 5. The molecule has 1 amide bonds. The van der Waals surface area contributed by atoms with E-state index in [0.29, 0.717) is 12.1 Å². The van der Waals surface area contributed by atoms with E-state index >= 15 is 0 Å². The second kappa shape index (κ2) is 6.03. The van der Waals surface area contributed by atoms with Crippen molar-refractivity contribution in [2.24, 2.45) is 0 Å². The second-order valence-corrected chi connectivity index (χ2v) is 7.14. The van der Waals surface area contributed by atoms with Crippen molar-refractivity contribution in [3.05, 3.63) is 48.0 Å². The third-order valence-electron chi connectivity index (χ3n) is 4.61. The number of carbonyl (C=O) groups is 1. The predicted octanol–water partition coefficient (Wildman–Crippen LogP) is 1.74. The first-order chi connectivity index (χ1) is 12.8. The predicted molar refractivity (Wildman–Crippen MR) is 98.5 cm³/mol. The summed E-state index contributed by atoms with van der Waals surface area (Å²) < 4.78 is 2.87. The molecular formula is C17H15N7OS. The standard InChI is InChI=1S/C17H15N7OS/c25-17(11-1-2-13-14(7-11)26-10-19-13)21-12-3-5-23(8-12)15-16-22-20-9-24(16)6-4-18-15/h1-2,4,6-7,9-10,12H,3,5,8H2,(H,21,25)/t12-/m0/s1. The van der Waals surface area contributed by atoms with Crippen LogP contribution in [0.4, 0.5) is 5.82 Å². The van der Waals surface area contributed by atoms with E-state index in [0.717, 1.165) is 34.6 Å². The summed E-state index contributed by atoms with van der Waals surface area (Å²) in [7, 11) is 0. The highest BCUT2D eigenvalue weighted by Crippen LogP contribution is 2.22. The summed E-state index contributed by atoms with van der Waals surface area (Å²) in [6.07, 6.45) is 6.09. The molecule has 0 radical (unpaired) electrons. The highest BCUT2D eigenvalue weighted by molar-refractivity contribution is 7.16. The molecular weight excluding hydrogens is 350 g/mol. The number of fused-ring (bicyclic) bond motifs is 2. The molecule has 26 heavy (non-hydrogen) atoms. The Morgan fingerprint density at radius 1 is 1.31 bits per heavy atom. The van der Waals surface area contributed by atoms with E-state index in [9.17, 15) is 4.79 Å². The molecule has 1 N–H and O–H groups in total. The summed E-state index contributed by atoms with van der Waals surface area (Å²) in [4.78, 5) is 23.4. The molecule has 0 saturated carbocycles. The maximum absolute atomic E-state index is 12.6. The topological polar surface area (TPSA) is 88.3 Å². The Labute approximate surface area is 152 Å². The van der Waals surface area contributed by atoms with Gasteiger partial charge in [-0.3, -0.25) is 9.20 Å². The van der Waals surface area contributed by atoms with Gasteiger partial charge in [0.2, 0.25) is 5.65 Å². The lowest BCUT2D eigenvalue weighted by Gasteiger charge is -2.18. The van der Waals surface area contributed by atoms with E-state index in [1.54, 1.807) is 18.0 Å². The van der Waals surface area contributed by atoms with E-state index in [1.807, 2.05) is 28.8 Å². The van der Waals surface area contributed by atoms with Crippen LogP contribution < -0.4 is 10.2 Å². The molecule has 1 aliphatic heterocycles. The number of nitrogens with one attached hydrogen (secondary N) is 1. The van der Waals surface area contributed by atoms with Crippen molar-refractivity contribution in [1.29, 1.82) is 0 Å². The molecule has 0 unspecified atom stereocenters. The van der Waals surface area contributed by atoms with Gasteiger partial charge in [0, 0.05) is 37.1 Å². The summed E-state index contributed by atoms with van der Waals surface area (Å²) >= 11 is 1.54. The SMILES string of the molecule is O=C(N[C@H]1CCN(c2nccn3cnnc23)C1)c1ccc2ncsc2c1. The Morgan fingerprint density at radius 3 is 3.23 bits per heavy atom. The highest BCUT2D eigenvalue weighted by atomic mass is 32.1. The Balaban J connectivity index is 1.31. The third kappa shape index (κ3) is 2.57. The van der Waals surface area contributed by atoms with Crippen molar-refractivity contribution in [3.8, 4) is 0 Å². The maximum Gasteiger partial charge on any atom is 0.251 e. The molecule has 1 fully saturated rings. The van der Waals surface area contributed by atoms with Crippen molar-refractivity contribution in [1.82, 2.24) is 29.9 Å². The largest absolute Gasteiger partial charge is 0.351 e. The number of rotatable bonds is 3. The molecule has 1 aliphatic rings. The molecule has 4 heterocycles. The molecule has 0 aliphatic carbocycles. The van der Waals surface area contributed by atoms with Crippen molar-refractivity contribution < 1.29 is 4.79 Å². The summed E-state index contributed by atoms with van der Waals surface area (Å²) in [6.45, 7) is 1.52. The Kier molecular flexibility index (Phi) is 3.52. The molecule has 0 spiro atoms. The molecule has 1 saturated heterocycles. The fraction of sp³-hybridized carbons (Fsp3) is 0.235. The number of thiazole rings is 1. The normalized spacial score (nSPS) is 17.2. The first-order valence-electron chi connectivity index (χ1n) is 8.31. The summed E-state index contributed by atoms with van der Waals surface area (Å²) in [5.41, 5.74) is 4.11. The fourth-order valence-corrected chi connectivity index (χ4v) is 4.02. The van der Waals surface area contributed by atoms with E-state index < -0.39 is 0 Å². The average Bonchev–Trinajstić information content (AvgIpc) is 3.40. The molecule has 9 heteroatoms. The highest BCUT2D eigenvalue weighted by Gasteiger charge is 2.27. The molecule has 1 atom stereocenters. The maximum atomic E-state index is 12.6. The van der Waals surface area contributed by atoms with Gasteiger partial charge in [0.15, 0.2) is 5.82 Å². The van der Waals surface area contributed by atoms with Crippen LogP contribution in [0.25, 0.3) is 15.9 Å². The van der Waals surface area contributed by atoms with Gasteiger partial charge in [-0.25, -0.2) is 9.97 Å². The van der Waals surface area contributed by atoms with Crippen LogP contribution in [-0.2, 0) is 0 Å². The van der Waals surface area contributed by atoms with Crippen molar-refractivity contribution in [2.45, 2.75) is 12.5 Å². The van der Waals surface area contributed by atoms with Gasteiger partial charge in [0.05, 0.1) is 15.7 Å². The molecule has 5 rings (SSSR count). The molecule has 3 aromatic heterocycles. The number of hydrogen-bond acceptors (Lipinski definition) is 7. The fourth-order valence-electron chi connectivity index (χ4n) is 3.30. The van der Waals surface area contributed by atoms with Gasteiger partial charge >= 0.3 is 0 Å². The molecule has 0 bridgehead atoms. The number of benzene rings is 1. The summed E-state index contributed by atoms with van der Waals surface area (Å²) in [5, 5.41) is 11.2. The zero-order chi connectivity index (χ0) is 17.5. The van der Waals surface area contributed by atoms with Crippen LogP contribution in [-0.4, -0.2) is 49.6 Å². The van der Waals surface area contributed by atoms with Crippen molar-refractivity contribution in [3.63, 3.8) is 0 Å². The summed E-state index contributed by atoms with van der Waals surface area (Å²) in [6, 6.07) is 5.68. The van der Waals surface area contributed by atoms with E-state index in [4.69, 9.17) is 0 Å². The van der Waals surface area contributed by atoms with Gasteiger partial charge in [-0.2, -0.15) is 0 Å². The molecule has 130 valence electrons. The van der Waals surface area contributed by atoms with Gasteiger partial charge in [0.1, 0.15) is 6.33 Å². The van der Waals surface area contributed by atoms with Crippen molar-refractivity contribution >= 4 is 38.9 Å². The van der Waals surface area contributed by atoms with Crippen LogP contribution in [0.5, 0.6) is 0 Å². The number of hydrogen-bond donors (Lipinski definition) is 1. The average molecular weight is 365 g/mol. The third-order valence-corrected chi connectivity index (χ3v) is 5.41. The molecule has 8 nitrogen and oxygen atoms in total. The lowest BCUT2D eigenvalue weighted by atomic mass is 10.2. The first kappa shape index (κ1) is 15.2. The minimum Gasteiger partial charge on any atom is -0.351 e. The van der Waals surface area contributed by atoms with Gasteiger partial charge in [-0.15, -0.1) is 21.5 Å². The Hall–Kier alpha value is -3.07. The molecule has 1 aromatic carbocycles. The monoisotopic (exact) mass is 365 g/mol. The molecule has 4 aromatic rings. The minimum atomic E-state index is -0.0548. The van der Waals surface area contributed by atoms with Crippen LogP contribution in [0.3, 0.4) is 0 Å². The number of carbonyl (C=O) groups excluding carboxylic acids is 1. The van der Waals surface area contributed by atoms with Crippen LogP contribution in [0.1, 0.15) is 16.8 Å². The van der Waals surface area contributed by atoms with Crippen molar-refractivity contribution in [2.75, 3.05) is 18.0 Å². The lowest BCUT2D eigenvalue weighted by molar-refractivity contribution is 0.0940. The minimum absolute atomic E-state index is 0.0548. The number of nitrogens with zero attached hydrogens (tertiary/aromatic N) is 6. The zero-order valence-corrected chi connectivity index (χ0v) is 14.6. The van der Waals surface area contributed by atoms with E-state index in [-0.39, 0.29) is 11.9 Å². The van der Waals surface area contributed by atoms with Crippen LogP contribution in [0, 0.1) is 0 Å². The van der Waals surface area contributed by atoms with Crippen LogP contribution in [0.2, 0.25) is 0 Å². The lowest BCUT2D eigenvalue weighted by Crippen LogP contribution is -2.37. The number of amides is 1. The van der Waals surface area contributed by atoms with Gasteiger partial charge in [-0.1, -0.05) is 0 Å². The van der Waals surface area contributed by atoms with E-state index in [1.165, 1.54) is 11.3 Å². The quantitative estimate of drug-likeness (QED) is 0.595. The van der Waals surface area contributed by atoms with Crippen LogP contribution >= 0.6 is 11.3 Å². The van der Waals surface area contributed by atoms with Gasteiger partial charge in [-0.05, 0) is 24.6 Å². The van der Waals surface area contributed by atoms with Gasteiger partial charge in [0.25, 0.3) is 5.91 Å².